The summed E-state index contributed by atoms with van der Waals surface area (Å²) in [7, 11) is 0. The van der Waals surface area contributed by atoms with Crippen LogP contribution in [0.25, 0.3) is 0 Å². The number of non-ortho nitro benzene ring substituents is 1. The molecule has 27 heavy (non-hydrogen) atoms. The van der Waals surface area contributed by atoms with Crippen LogP contribution in [0.1, 0.15) is 23.6 Å². The zero-order valence-electron chi connectivity index (χ0n) is 13.9. The maximum absolute atomic E-state index is 12.2. The number of nitro groups is 1. The van der Waals surface area contributed by atoms with Crippen LogP contribution in [0.5, 0.6) is 0 Å². The smallest absolute Gasteiger partial charge is 0.270 e. The van der Waals surface area contributed by atoms with Gasteiger partial charge in [0.1, 0.15) is 6.04 Å². The molecule has 0 aromatic heterocycles. The summed E-state index contributed by atoms with van der Waals surface area (Å²) in [6, 6.07) is 10.5. The number of nitrogens with zero attached hydrogens (tertiary/aromatic N) is 2. The molecule has 2 atom stereocenters. The van der Waals surface area contributed by atoms with Crippen molar-refractivity contribution in [3.8, 4) is 0 Å². The lowest BCUT2D eigenvalue weighted by atomic mass is 10.0. The van der Waals surface area contributed by atoms with E-state index >= 15 is 0 Å². The van der Waals surface area contributed by atoms with Crippen LogP contribution in [0.4, 0.5) is 5.69 Å². The van der Waals surface area contributed by atoms with Gasteiger partial charge in [-0.25, -0.2) is 16.3 Å². The van der Waals surface area contributed by atoms with E-state index in [0.717, 1.165) is 5.56 Å². The van der Waals surface area contributed by atoms with Gasteiger partial charge in [0.2, 0.25) is 0 Å². The number of hydrazone groups is 1. The van der Waals surface area contributed by atoms with Gasteiger partial charge in [-0.15, -0.1) is 0 Å². The van der Waals surface area contributed by atoms with Gasteiger partial charge in [0.15, 0.2) is 0 Å². The maximum atomic E-state index is 12.2. The van der Waals surface area contributed by atoms with E-state index in [1.54, 1.807) is 30.3 Å². The van der Waals surface area contributed by atoms with Crippen molar-refractivity contribution in [2.45, 2.75) is 18.5 Å². The number of amides is 1. The van der Waals surface area contributed by atoms with Crippen LogP contribution in [-0.2, 0) is 4.79 Å². The van der Waals surface area contributed by atoms with Crippen molar-refractivity contribution >= 4 is 41.0 Å². The van der Waals surface area contributed by atoms with Gasteiger partial charge in [0, 0.05) is 33.8 Å². The summed E-state index contributed by atoms with van der Waals surface area (Å²) in [6.07, 6.45) is 1.83. The minimum absolute atomic E-state index is 0.0463. The van der Waals surface area contributed by atoms with Gasteiger partial charge in [-0.1, -0.05) is 35.3 Å². The minimum atomic E-state index is -0.505. The van der Waals surface area contributed by atoms with Gasteiger partial charge < -0.3 is 0 Å². The van der Waals surface area contributed by atoms with E-state index in [1.807, 2.05) is 0 Å². The van der Waals surface area contributed by atoms with E-state index in [-0.39, 0.29) is 17.6 Å². The highest BCUT2D eigenvalue weighted by Gasteiger charge is 2.30. The minimum Gasteiger partial charge on any atom is -0.271 e. The third kappa shape index (κ3) is 5.01. The molecule has 2 aromatic rings. The van der Waals surface area contributed by atoms with E-state index in [0.29, 0.717) is 22.0 Å². The normalized spacial score (nSPS) is 19.3. The summed E-state index contributed by atoms with van der Waals surface area (Å²) in [5, 5.41) is 15.7. The molecule has 140 valence electrons. The average Bonchev–Trinajstić information content (AvgIpc) is 3.11. The first-order valence-corrected chi connectivity index (χ1v) is 8.72. The van der Waals surface area contributed by atoms with Crippen molar-refractivity contribution in [1.82, 2.24) is 16.3 Å². The van der Waals surface area contributed by atoms with Crippen LogP contribution in [0.3, 0.4) is 0 Å². The molecule has 3 N–H and O–H groups in total. The number of nitro benzene ring substituents is 1. The van der Waals surface area contributed by atoms with E-state index in [1.165, 1.54) is 18.3 Å². The molecular weight excluding hydrogens is 393 g/mol. The van der Waals surface area contributed by atoms with Gasteiger partial charge in [0.25, 0.3) is 11.6 Å². The highest BCUT2D eigenvalue weighted by atomic mass is 35.5. The molecule has 2 aromatic carbocycles. The van der Waals surface area contributed by atoms with Crippen LogP contribution in [0, 0.1) is 10.1 Å². The lowest BCUT2D eigenvalue weighted by Gasteiger charge is -2.10. The molecule has 8 nitrogen and oxygen atoms in total. The molecule has 1 aliphatic rings. The monoisotopic (exact) mass is 407 g/mol. The largest absolute Gasteiger partial charge is 0.271 e. The van der Waals surface area contributed by atoms with Crippen molar-refractivity contribution in [1.29, 1.82) is 0 Å². The molecule has 10 heteroatoms. The maximum Gasteiger partial charge on any atom is 0.270 e. The summed E-state index contributed by atoms with van der Waals surface area (Å²) in [5.41, 5.74) is 9.69. The molecule has 0 radical (unpaired) electrons. The van der Waals surface area contributed by atoms with Crippen LogP contribution < -0.4 is 16.3 Å². The molecule has 0 bridgehead atoms. The van der Waals surface area contributed by atoms with Crippen molar-refractivity contribution in [3.05, 3.63) is 73.8 Å². The van der Waals surface area contributed by atoms with Crippen LogP contribution >= 0.6 is 23.2 Å². The second kappa shape index (κ2) is 8.45. The SMILES string of the molecule is O=C(N/N=C/c1cccc([N+](=O)[O-])c1)C1CC(c2cc(Cl)cc(Cl)c2)NN1. The number of nitrogens with one attached hydrogen (secondary N) is 3. The second-order valence-corrected chi connectivity index (χ2v) is 6.79. The lowest BCUT2D eigenvalue weighted by molar-refractivity contribution is -0.384. The molecule has 3 rings (SSSR count). The lowest BCUT2D eigenvalue weighted by Crippen LogP contribution is -2.41. The summed E-state index contributed by atoms with van der Waals surface area (Å²) < 4.78 is 0. The summed E-state index contributed by atoms with van der Waals surface area (Å²) in [6.45, 7) is 0. The second-order valence-electron chi connectivity index (χ2n) is 5.92. The van der Waals surface area contributed by atoms with Crippen molar-refractivity contribution < 1.29 is 9.72 Å². The Morgan fingerprint density at radius 2 is 1.96 bits per heavy atom. The molecule has 1 amide bonds. The number of carbonyl (C=O) groups is 1. The zero-order chi connectivity index (χ0) is 19.4. The Morgan fingerprint density at radius 1 is 1.22 bits per heavy atom. The zero-order valence-corrected chi connectivity index (χ0v) is 15.4. The topological polar surface area (TPSA) is 109 Å². The fourth-order valence-electron chi connectivity index (χ4n) is 2.69. The Kier molecular flexibility index (Phi) is 6.02. The van der Waals surface area contributed by atoms with Gasteiger partial charge in [-0.3, -0.25) is 14.9 Å². The molecule has 0 saturated carbocycles. The number of halogens is 2. The van der Waals surface area contributed by atoms with Crippen LogP contribution in [0.2, 0.25) is 10.0 Å². The van der Waals surface area contributed by atoms with E-state index in [4.69, 9.17) is 23.2 Å². The highest BCUT2D eigenvalue weighted by Crippen LogP contribution is 2.28. The first kappa shape index (κ1) is 19.2. The number of rotatable bonds is 5. The molecule has 1 heterocycles. The predicted molar refractivity (Wildman–Crippen MR) is 103 cm³/mol. The third-order valence-electron chi connectivity index (χ3n) is 3.98. The standard InChI is InChI=1S/C17H15Cl2N5O3/c18-12-5-11(6-13(19)7-12)15-8-16(22-21-15)17(25)23-20-9-10-2-1-3-14(4-10)24(26)27/h1-7,9,15-16,21-22H,8H2,(H,23,25)/b20-9+. The van der Waals surface area contributed by atoms with E-state index in [9.17, 15) is 14.9 Å². The highest BCUT2D eigenvalue weighted by molar-refractivity contribution is 6.34. The summed E-state index contributed by atoms with van der Waals surface area (Å²) >= 11 is 12.0. The van der Waals surface area contributed by atoms with Crippen molar-refractivity contribution in [2.75, 3.05) is 0 Å². The van der Waals surface area contributed by atoms with Gasteiger partial charge in [-0.2, -0.15) is 5.10 Å². The Morgan fingerprint density at radius 3 is 2.67 bits per heavy atom. The van der Waals surface area contributed by atoms with Gasteiger partial charge in [-0.05, 0) is 30.2 Å². The Bertz CT molecular complexity index is 886. The summed E-state index contributed by atoms with van der Waals surface area (Å²) in [4.78, 5) is 22.5. The first-order valence-electron chi connectivity index (χ1n) is 7.97. The molecule has 1 fully saturated rings. The van der Waals surface area contributed by atoms with Crippen LogP contribution in [-0.4, -0.2) is 23.1 Å². The quantitative estimate of drug-likeness (QED) is 0.401. The Labute approximate surface area is 164 Å². The first-order chi connectivity index (χ1) is 12.9. The van der Waals surface area contributed by atoms with E-state index < -0.39 is 11.0 Å². The third-order valence-corrected chi connectivity index (χ3v) is 4.41. The predicted octanol–water partition coefficient (Wildman–Crippen LogP) is 2.96. The average molecular weight is 408 g/mol. The summed E-state index contributed by atoms with van der Waals surface area (Å²) in [5.74, 6) is -0.334. The molecule has 0 spiro atoms. The number of benzene rings is 2. The van der Waals surface area contributed by atoms with Gasteiger partial charge >= 0.3 is 0 Å². The number of hydrazine groups is 1. The molecule has 0 aliphatic carbocycles. The number of hydrogen-bond donors (Lipinski definition) is 3. The molecular formula is C17H15Cl2N5O3. The van der Waals surface area contributed by atoms with Crippen LogP contribution in [0.15, 0.2) is 47.6 Å². The molecule has 2 unspecified atom stereocenters. The van der Waals surface area contributed by atoms with Gasteiger partial charge in [0.05, 0.1) is 11.1 Å². The van der Waals surface area contributed by atoms with E-state index in [2.05, 4.69) is 21.4 Å². The van der Waals surface area contributed by atoms with Crippen molar-refractivity contribution in [3.63, 3.8) is 0 Å². The fourth-order valence-corrected chi connectivity index (χ4v) is 3.23. The molecule has 1 saturated heterocycles. The molecule has 1 aliphatic heterocycles. The fraction of sp³-hybridized carbons (Fsp3) is 0.176. The Hall–Kier alpha value is -2.52. The number of hydrogen-bond acceptors (Lipinski definition) is 6. The van der Waals surface area contributed by atoms with Crippen molar-refractivity contribution in [2.24, 2.45) is 5.10 Å². The number of carbonyl (C=O) groups excluding carboxylic acids is 1. The Balaban J connectivity index is 1.57.